The molecule has 0 spiro atoms. The van der Waals surface area contributed by atoms with E-state index >= 15 is 0 Å². The number of ether oxygens (including phenoxy) is 1. The van der Waals surface area contributed by atoms with Gasteiger partial charge in [-0.05, 0) is 6.07 Å². The summed E-state index contributed by atoms with van der Waals surface area (Å²) in [6, 6.07) is 4.86. The molecule has 0 radical (unpaired) electrons. The van der Waals surface area contributed by atoms with Gasteiger partial charge < -0.3 is 49.6 Å². The highest BCUT2D eigenvalue weighted by molar-refractivity contribution is 7.47. The standard InChI is InChI=1S/C17H21N6O8P.HI/c1-22-5-3-2-4-9(22)16(26)31-32(27,28)29-7-11-10(24)6-12(30-11)23-8-19-13-14(23)20-17(18)21-15(13)25;/h2-5,8,10-12,16,24,26H,6-7H2,1H3,(H3-,18,20,21,25,27,28);1H/t10-,11+,12+,16?;/m0./s1. The predicted molar refractivity (Wildman–Crippen MR) is 107 cm³/mol. The number of nitrogens with two attached hydrogens (primary N) is 1. The van der Waals surface area contributed by atoms with Crippen LogP contribution in [0, 0.1) is 0 Å². The second kappa shape index (κ2) is 10.1. The van der Waals surface area contributed by atoms with Crippen LogP contribution in [0.4, 0.5) is 5.95 Å². The summed E-state index contributed by atoms with van der Waals surface area (Å²) in [4.78, 5) is 32.2. The summed E-state index contributed by atoms with van der Waals surface area (Å²) in [5.74, 6) is -0.105. The number of aryl methyl sites for hydroxylation is 1. The van der Waals surface area contributed by atoms with E-state index in [4.69, 9.17) is 19.5 Å². The lowest BCUT2D eigenvalue weighted by atomic mass is 10.2. The van der Waals surface area contributed by atoms with E-state index in [1.807, 2.05) is 0 Å². The van der Waals surface area contributed by atoms with Gasteiger partial charge in [0.1, 0.15) is 19.4 Å². The maximum absolute atomic E-state index is 12.3. The van der Waals surface area contributed by atoms with Crippen molar-refractivity contribution in [2.45, 2.75) is 31.1 Å². The third-order valence-electron chi connectivity index (χ3n) is 4.95. The molecule has 4 rings (SSSR count). The maximum atomic E-state index is 12.3. The molecule has 0 aromatic carbocycles. The molecule has 0 saturated carbocycles. The van der Waals surface area contributed by atoms with Crippen molar-refractivity contribution >= 4 is 24.9 Å². The number of rotatable bonds is 7. The number of nitrogens with one attached hydrogen (secondary N) is 1. The molecular formula is C17H22IN6O8P. The number of fused-ring (bicyclic) bond motifs is 1. The summed E-state index contributed by atoms with van der Waals surface area (Å²) in [5, 5.41) is 20.4. The number of aromatic nitrogens is 5. The van der Waals surface area contributed by atoms with E-state index in [1.165, 1.54) is 21.5 Å². The average Bonchev–Trinajstić information content (AvgIpc) is 3.29. The van der Waals surface area contributed by atoms with Crippen LogP contribution in [0.1, 0.15) is 24.6 Å². The number of phosphoric ester groups is 1. The fourth-order valence-corrected chi connectivity index (χ4v) is 4.12. The first-order valence-electron chi connectivity index (χ1n) is 9.49. The third kappa shape index (κ3) is 5.58. The van der Waals surface area contributed by atoms with Crippen LogP contribution >= 0.6 is 7.82 Å². The van der Waals surface area contributed by atoms with Crippen LogP contribution < -0.4 is 39.8 Å². The molecule has 1 aliphatic rings. The molecule has 6 N–H and O–H groups in total. The fraction of sp³-hybridized carbons (Fsp3) is 0.412. The summed E-state index contributed by atoms with van der Waals surface area (Å²) >= 11 is 0. The highest BCUT2D eigenvalue weighted by Crippen LogP contribution is 2.47. The number of imidazole rings is 1. The molecule has 1 aliphatic heterocycles. The molecule has 3 aromatic heterocycles. The minimum Gasteiger partial charge on any atom is -1.00 e. The highest BCUT2D eigenvalue weighted by atomic mass is 127. The molecular weight excluding hydrogens is 574 g/mol. The van der Waals surface area contributed by atoms with Gasteiger partial charge in [0.15, 0.2) is 17.4 Å². The van der Waals surface area contributed by atoms with Gasteiger partial charge in [-0.1, -0.05) is 0 Å². The van der Waals surface area contributed by atoms with Crippen molar-refractivity contribution in [1.29, 1.82) is 0 Å². The molecule has 33 heavy (non-hydrogen) atoms. The van der Waals surface area contributed by atoms with Crippen LogP contribution in [0.2, 0.25) is 0 Å². The number of phosphoric acid groups is 1. The summed E-state index contributed by atoms with van der Waals surface area (Å²) in [6.45, 7) is -0.498. The Balaban J connectivity index is 0.00000306. The van der Waals surface area contributed by atoms with Gasteiger partial charge in [0, 0.05) is 18.6 Å². The minimum atomic E-state index is -4.69. The first-order valence-corrected chi connectivity index (χ1v) is 11.0. The van der Waals surface area contributed by atoms with Crippen LogP contribution in [-0.4, -0.2) is 53.4 Å². The smallest absolute Gasteiger partial charge is 0.475 e. The van der Waals surface area contributed by atoms with Gasteiger partial charge in [0.2, 0.25) is 11.6 Å². The molecule has 0 bridgehead atoms. The Morgan fingerprint density at radius 2 is 2.24 bits per heavy atom. The molecule has 1 saturated heterocycles. The number of hydrogen-bond acceptors (Lipinski definition) is 10. The van der Waals surface area contributed by atoms with Gasteiger partial charge in [-0.15, -0.1) is 0 Å². The van der Waals surface area contributed by atoms with Crippen molar-refractivity contribution in [3.63, 3.8) is 0 Å². The lowest BCUT2D eigenvalue weighted by Crippen LogP contribution is -3.00. The molecule has 180 valence electrons. The highest BCUT2D eigenvalue weighted by Gasteiger charge is 2.39. The molecule has 5 atom stereocenters. The van der Waals surface area contributed by atoms with Crippen LogP contribution in [0.15, 0.2) is 35.5 Å². The Hall–Kier alpha value is -1.98. The molecule has 3 aromatic rings. The second-order valence-corrected chi connectivity index (χ2v) is 8.57. The monoisotopic (exact) mass is 596 g/mol. The Morgan fingerprint density at radius 1 is 1.48 bits per heavy atom. The summed E-state index contributed by atoms with van der Waals surface area (Å²) in [5.41, 5.74) is 5.51. The number of nitrogens with zero attached hydrogens (tertiary/aromatic N) is 4. The number of aliphatic hydroxyl groups excluding tert-OH is 2. The first kappa shape index (κ1) is 25.6. The van der Waals surface area contributed by atoms with Crippen LogP contribution in [0.25, 0.3) is 11.2 Å². The molecule has 4 heterocycles. The molecule has 0 aliphatic carbocycles. The summed E-state index contributed by atoms with van der Waals surface area (Å²) in [7, 11) is -3.06. The van der Waals surface area contributed by atoms with Gasteiger partial charge in [-0.3, -0.25) is 18.9 Å². The number of nitrogen functional groups attached to an aromatic ring is 1. The van der Waals surface area contributed by atoms with Crippen molar-refractivity contribution < 1.29 is 62.0 Å². The SMILES string of the molecule is C[n+]1ccccc1C(O)OP(=O)(O)OC[C@H]1O[C@@H](n2cnc3c(=O)[nH]c(N)nc32)C[C@@H]1O.[I-]. The third-order valence-corrected chi connectivity index (χ3v) is 5.89. The van der Waals surface area contributed by atoms with Crippen molar-refractivity contribution in [3.8, 4) is 0 Å². The number of aliphatic hydroxyl groups is 2. The number of anilines is 1. The van der Waals surface area contributed by atoms with Gasteiger partial charge >= 0.3 is 7.82 Å². The molecule has 16 heteroatoms. The second-order valence-electron chi connectivity index (χ2n) is 7.17. The zero-order valence-corrected chi connectivity index (χ0v) is 20.2. The quantitative estimate of drug-likeness (QED) is 0.0771. The Morgan fingerprint density at radius 3 is 2.97 bits per heavy atom. The Bertz CT molecular complexity index is 1240. The van der Waals surface area contributed by atoms with E-state index in [0.29, 0.717) is 0 Å². The lowest BCUT2D eigenvalue weighted by Gasteiger charge is -2.19. The predicted octanol–water partition coefficient (Wildman–Crippen LogP) is -4.00. The molecule has 0 amide bonds. The van der Waals surface area contributed by atoms with E-state index in [-0.39, 0.29) is 53.2 Å². The average molecular weight is 596 g/mol. The van der Waals surface area contributed by atoms with Crippen molar-refractivity contribution in [1.82, 2.24) is 19.5 Å². The van der Waals surface area contributed by atoms with Gasteiger partial charge in [-0.2, -0.15) is 4.98 Å². The van der Waals surface area contributed by atoms with E-state index in [1.54, 1.807) is 25.4 Å². The van der Waals surface area contributed by atoms with E-state index < -0.39 is 44.7 Å². The number of H-pyrrole nitrogens is 1. The number of aromatic amines is 1. The number of hydrogen-bond donors (Lipinski definition) is 5. The normalized spacial score (nSPS) is 23.2. The summed E-state index contributed by atoms with van der Waals surface area (Å²) < 4.78 is 30.6. The first-order chi connectivity index (χ1) is 15.1. The number of pyridine rings is 1. The zero-order chi connectivity index (χ0) is 23.0. The van der Waals surface area contributed by atoms with Gasteiger partial charge in [0.05, 0.1) is 19.0 Å². The largest absolute Gasteiger partial charge is 1.00 e. The minimum absolute atomic E-state index is 0. The van der Waals surface area contributed by atoms with E-state index in [2.05, 4.69) is 15.0 Å². The Labute approximate surface area is 203 Å². The lowest BCUT2D eigenvalue weighted by molar-refractivity contribution is -0.685. The molecule has 2 unspecified atom stereocenters. The van der Waals surface area contributed by atoms with Crippen LogP contribution in [-0.2, 0) is 25.4 Å². The number of halogens is 1. The summed E-state index contributed by atoms with van der Waals surface area (Å²) in [6.07, 6.45) is -1.52. The van der Waals surface area contributed by atoms with Crippen LogP contribution in [0.5, 0.6) is 0 Å². The topological polar surface area (TPSA) is 199 Å². The van der Waals surface area contributed by atoms with Crippen LogP contribution in [0.3, 0.4) is 0 Å². The molecule has 14 nitrogen and oxygen atoms in total. The van der Waals surface area contributed by atoms with Crippen molar-refractivity contribution in [2.24, 2.45) is 7.05 Å². The fourth-order valence-electron chi connectivity index (χ4n) is 3.36. The maximum Gasteiger partial charge on any atom is 0.475 e. The van der Waals surface area contributed by atoms with Gasteiger partial charge in [-0.25, -0.2) is 18.6 Å². The van der Waals surface area contributed by atoms with E-state index in [9.17, 15) is 24.5 Å². The zero-order valence-electron chi connectivity index (χ0n) is 17.2. The van der Waals surface area contributed by atoms with Crippen molar-refractivity contribution in [3.05, 3.63) is 46.8 Å². The Kier molecular flexibility index (Phi) is 7.85. The van der Waals surface area contributed by atoms with E-state index in [0.717, 1.165) is 0 Å². The van der Waals surface area contributed by atoms with Crippen molar-refractivity contribution in [2.75, 3.05) is 12.3 Å². The van der Waals surface area contributed by atoms with Gasteiger partial charge in [0.25, 0.3) is 11.8 Å². The molecule has 1 fully saturated rings.